The smallest absolute Gasteiger partial charge is 0.136 e. The molecule has 3 aromatic carbocycles. The van der Waals surface area contributed by atoms with Crippen LogP contribution < -0.4 is 10.8 Å². The molecule has 4 aromatic rings. The van der Waals surface area contributed by atoms with Crippen molar-refractivity contribution in [1.82, 2.24) is 0 Å². The molecule has 0 aliphatic rings. The number of fused-ring (bicyclic) bond motifs is 1. The molecular weight excluding hydrogens is 308 g/mol. The molecule has 0 atom stereocenters. The molecule has 4 rings (SSSR count). The van der Waals surface area contributed by atoms with Crippen molar-refractivity contribution >= 4 is 16.7 Å². The van der Waals surface area contributed by atoms with Gasteiger partial charge in [-0.2, -0.15) is 5.10 Å². The number of anilines is 1. The Kier molecular flexibility index (Phi) is 4.05. The maximum atomic E-state index is 6.09. The summed E-state index contributed by atoms with van der Waals surface area (Å²) in [5.74, 6) is 0.798. The van der Waals surface area contributed by atoms with Crippen molar-refractivity contribution in [3.8, 4) is 11.3 Å². The Hall–Kier alpha value is -3.33. The number of para-hydroxylation sites is 2. The van der Waals surface area contributed by atoms with Crippen LogP contribution in [-0.2, 0) is 0 Å². The Morgan fingerprint density at radius 3 is 2.32 bits per heavy atom. The van der Waals surface area contributed by atoms with E-state index < -0.39 is 0 Å². The zero-order valence-corrected chi connectivity index (χ0v) is 13.9. The fourth-order valence-electron chi connectivity index (χ4n) is 2.71. The molecule has 0 unspecified atom stereocenters. The average molecular weight is 326 g/mol. The van der Waals surface area contributed by atoms with E-state index in [-0.39, 0.29) is 0 Å². The van der Waals surface area contributed by atoms with Gasteiger partial charge in [-0.25, -0.2) is 0 Å². The molecule has 3 nitrogen and oxygen atoms in total. The maximum absolute atomic E-state index is 6.09. The molecule has 0 aliphatic heterocycles. The maximum Gasteiger partial charge on any atom is 0.136 e. The third kappa shape index (κ3) is 3.31. The van der Waals surface area contributed by atoms with Crippen molar-refractivity contribution in [2.24, 2.45) is 5.10 Å². The van der Waals surface area contributed by atoms with Crippen molar-refractivity contribution in [1.29, 1.82) is 0 Å². The van der Waals surface area contributed by atoms with E-state index >= 15 is 0 Å². The van der Waals surface area contributed by atoms with Gasteiger partial charge in [-0.15, -0.1) is 0 Å². The molecule has 0 spiro atoms. The van der Waals surface area contributed by atoms with Gasteiger partial charge in [0, 0.05) is 17.0 Å². The van der Waals surface area contributed by atoms with Gasteiger partial charge in [0.15, 0.2) is 0 Å². The van der Waals surface area contributed by atoms with Crippen LogP contribution in [0.25, 0.3) is 22.3 Å². The summed E-state index contributed by atoms with van der Waals surface area (Å²) in [5.41, 5.74) is 7.14. The molecule has 122 valence electrons. The van der Waals surface area contributed by atoms with Crippen molar-refractivity contribution in [3.05, 3.63) is 95.8 Å². The van der Waals surface area contributed by atoms with Crippen LogP contribution in [0.5, 0.6) is 0 Å². The van der Waals surface area contributed by atoms with Crippen LogP contribution in [0.2, 0.25) is 0 Å². The minimum Gasteiger partial charge on any atom is -0.456 e. The van der Waals surface area contributed by atoms with Gasteiger partial charge in [0.2, 0.25) is 0 Å². The summed E-state index contributed by atoms with van der Waals surface area (Å²) in [7, 11) is 0. The van der Waals surface area contributed by atoms with Crippen molar-refractivity contribution < 1.29 is 4.42 Å². The fourth-order valence-corrected chi connectivity index (χ4v) is 2.71. The number of nitrogens with zero attached hydrogens (tertiary/aromatic N) is 1. The normalized spacial score (nSPS) is 11.6. The molecule has 3 heteroatoms. The molecular formula is C22H18N2O. The van der Waals surface area contributed by atoms with Gasteiger partial charge >= 0.3 is 0 Å². The lowest BCUT2D eigenvalue weighted by Gasteiger charge is -2.06. The molecule has 1 N–H and O–H groups in total. The van der Waals surface area contributed by atoms with E-state index in [1.54, 1.807) is 0 Å². The van der Waals surface area contributed by atoms with Crippen LogP contribution in [0.1, 0.15) is 5.56 Å². The second-order valence-corrected chi connectivity index (χ2v) is 5.95. The topological polar surface area (TPSA) is 37.5 Å². The highest BCUT2D eigenvalue weighted by atomic mass is 16.3. The zero-order valence-electron chi connectivity index (χ0n) is 13.9. The summed E-state index contributed by atoms with van der Waals surface area (Å²) in [6.45, 7) is 2.08. The molecule has 1 aromatic heterocycles. The number of benzene rings is 3. The van der Waals surface area contributed by atoms with E-state index in [0.29, 0.717) is 0 Å². The lowest BCUT2D eigenvalue weighted by atomic mass is 10.1. The van der Waals surface area contributed by atoms with Gasteiger partial charge in [-0.3, -0.25) is 5.43 Å². The summed E-state index contributed by atoms with van der Waals surface area (Å²) in [4.78, 5) is 0. The first-order chi connectivity index (χ1) is 12.3. The molecule has 0 aliphatic carbocycles. The number of nitrogens with one attached hydrogen (secondary N) is 1. The van der Waals surface area contributed by atoms with Crippen molar-refractivity contribution in [2.75, 3.05) is 5.43 Å². The molecule has 0 bridgehead atoms. The van der Waals surface area contributed by atoms with Crippen molar-refractivity contribution in [3.63, 3.8) is 0 Å². The third-order valence-corrected chi connectivity index (χ3v) is 4.07. The van der Waals surface area contributed by atoms with E-state index in [0.717, 1.165) is 33.3 Å². The standard InChI is InChI=1S/C22H18N2O/c1-16-11-13-17(14-12-16)22-15-20(19-9-5-6-10-21(19)25-22)24-23-18-7-3-2-4-8-18/h2-15,23H,1H3/b24-20-. The number of rotatable bonds is 3. The van der Waals surface area contributed by atoms with E-state index in [9.17, 15) is 0 Å². The Morgan fingerprint density at radius 1 is 0.800 bits per heavy atom. The highest BCUT2D eigenvalue weighted by molar-refractivity contribution is 5.78. The van der Waals surface area contributed by atoms with E-state index in [1.165, 1.54) is 5.56 Å². The van der Waals surface area contributed by atoms with Crippen LogP contribution in [0.3, 0.4) is 0 Å². The monoisotopic (exact) mass is 326 g/mol. The van der Waals surface area contributed by atoms with Crippen molar-refractivity contribution in [2.45, 2.75) is 6.92 Å². The van der Waals surface area contributed by atoms with Gasteiger partial charge in [0.25, 0.3) is 0 Å². The molecule has 0 fully saturated rings. The molecule has 0 saturated heterocycles. The lowest BCUT2D eigenvalue weighted by Crippen LogP contribution is -2.07. The average Bonchev–Trinajstić information content (AvgIpc) is 2.67. The summed E-state index contributed by atoms with van der Waals surface area (Å²) in [6, 6.07) is 28.1. The highest BCUT2D eigenvalue weighted by Crippen LogP contribution is 2.22. The molecule has 0 saturated carbocycles. The predicted molar refractivity (Wildman–Crippen MR) is 102 cm³/mol. The second kappa shape index (κ2) is 6.65. The molecule has 0 radical (unpaired) electrons. The predicted octanol–water partition coefficient (Wildman–Crippen LogP) is 5.34. The quantitative estimate of drug-likeness (QED) is 0.516. The van der Waals surface area contributed by atoms with Gasteiger partial charge < -0.3 is 4.42 Å². The summed E-state index contributed by atoms with van der Waals surface area (Å²) >= 11 is 0. The van der Waals surface area contributed by atoms with E-state index in [2.05, 4.69) is 41.7 Å². The Bertz CT molecular complexity index is 1060. The minimum atomic E-state index is 0.798. The Morgan fingerprint density at radius 2 is 1.52 bits per heavy atom. The summed E-state index contributed by atoms with van der Waals surface area (Å²) in [6.07, 6.45) is 0. The largest absolute Gasteiger partial charge is 0.456 e. The molecule has 0 amide bonds. The third-order valence-electron chi connectivity index (χ3n) is 4.07. The molecule has 25 heavy (non-hydrogen) atoms. The van der Waals surface area contributed by atoms with Gasteiger partial charge in [-0.1, -0.05) is 60.2 Å². The SMILES string of the molecule is Cc1ccc(-c2c/c(=N/Nc3ccccc3)c3ccccc3o2)cc1. The summed E-state index contributed by atoms with van der Waals surface area (Å²) in [5, 5.41) is 6.42. The van der Waals surface area contributed by atoms with Gasteiger partial charge in [0.05, 0.1) is 11.0 Å². The highest BCUT2D eigenvalue weighted by Gasteiger charge is 2.05. The van der Waals surface area contributed by atoms with Gasteiger partial charge in [0.1, 0.15) is 11.3 Å². The fraction of sp³-hybridized carbons (Fsp3) is 0.0455. The van der Waals surface area contributed by atoms with Gasteiger partial charge in [-0.05, 0) is 31.2 Å². The first-order valence-electron chi connectivity index (χ1n) is 8.24. The van der Waals surface area contributed by atoms with Crippen LogP contribution >= 0.6 is 0 Å². The van der Waals surface area contributed by atoms with E-state index in [4.69, 9.17) is 4.42 Å². The van der Waals surface area contributed by atoms with Crippen LogP contribution in [0, 0.1) is 6.92 Å². The van der Waals surface area contributed by atoms with Crippen LogP contribution in [-0.4, -0.2) is 0 Å². The van der Waals surface area contributed by atoms with Crippen LogP contribution in [0.4, 0.5) is 5.69 Å². The Labute approximate surface area is 146 Å². The first kappa shape index (κ1) is 15.2. The second-order valence-electron chi connectivity index (χ2n) is 5.95. The Balaban J connectivity index is 1.85. The first-order valence-corrected chi connectivity index (χ1v) is 8.24. The minimum absolute atomic E-state index is 0.798. The number of hydrogen-bond donors (Lipinski definition) is 1. The number of hydrogen-bond acceptors (Lipinski definition) is 3. The van der Waals surface area contributed by atoms with E-state index in [1.807, 2.05) is 60.7 Å². The zero-order chi connectivity index (χ0) is 17.1. The molecule has 1 heterocycles. The summed E-state index contributed by atoms with van der Waals surface area (Å²) < 4.78 is 6.09. The van der Waals surface area contributed by atoms with Crippen LogP contribution in [0.15, 0.2) is 94.4 Å². The lowest BCUT2D eigenvalue weighted by molar-refractivity contribution is 0.618. The number of aryl methyl sites for hydroxylation is 1.